The molecular formula is C13H13ClN2O2S. The molecule has 6 heteroatoms. The second-order valence-corrected chi connectivity index (χ2v) is 4.63. The molecule has 0 atom stereocenters. The van der Waals surface area contributed by atoms with E-state index < -0.39 is 5.97 Å². The topological polar surface area (TPSA) is 62.1 Å². The van der Waals surface area contributed by atoms with Crippen molar-refractivity contribution in [3.8, 4) is 6.07 Å². The zero-order valence-corrected chi connectivity index (χ0v) is 12.1. The Morgan fingerprint density at radius 1 is 1.47 bits per heavy atom. The Labute approximate surface area is 121 Å². The fraction of sp³-hybridized carbons (Fsp3) is 0.231. The lowest BCUT2D eigenvalue weighted by Gasteiger charge is -2.10. The van der Waals surface area contributed by atoms with Gasteiger partial charge in [-0.1, -0.05) is 11.6 Å². The van der Waals surface area contributed by atoms with E-state index in [2.05, 4.69) is 5.32 Å². The lowest BCUT2D eigenvalue weighted by atomic mass is 10.3. The first-order valence-corrected chi connectivity index (χ1v) is 7.10. The highest BCUT2D eigenvalue weighted by Gasteiger charge is 2.16. The third-order valence-corrected chi connectivity index (χ3v) is 3.09. The van der Waals surface area contributed by atoms with Crippen molar-refractivity contribution in [2.24, 2.45) is 0 Å². The summed E-state index contributed by atoms with van der Waals surface area (Å²) in [6.07, 6.45) is 1.77. The van der Waals surface area contributed by atoms with Crippen LogP contribution in [-0.2, 0) is 9.53 Å². The molecule has 19 heavy (non-hydrogen) atoms. The van der Waals surface area contributed by atoms with Gasteiger partial charge in [0.25, 0.3) is 0 Å². The maximum Gasteiger partial charge on any atom is 0.351 e. The molecule has 0 spiro atoms. The van der Waals surface area contributed by atoms with Gasteiger partial charge in [0.15, 0.2) is 5.57 Å². The van der Waals surface area contributed by atoms with E-state index in [-0.39, 0.29) is 12.2 Å². The maximum atomic E-state index is 11.6. The number of thioether (sulfide) groups is 1. The molecule has 0 aliphatic heterocycles. The summed E-state index contributed by atoms with van der Waals surface area (Å²) in [4.78, 5) is 11.6. The van der Waals surface area contributed by atoms with E-state index in [9.17, 15) is 4.79 Å². The third kappa shape index (κ3) is 4.51. The van der Waals surface area contributed by atoms with Crippen LogP contribution in [0.1, 0.15) is 6.92 Å². The number of hydrogen-bond donors (Lipinski definition) is 1. The molecule has 4 nitrogen and oxygen atoms in total. The molecule has 0 fully saturated rings. The lowest BCUT2D eigenvalue weighted by Crippen LogP contribution is -2.11. The monoisotopic (exact) mass is 296 g/mol. The lowest BCUT2D eigenvalue weighted by molar-refractivity contribution is -0.138. The van der Waals surface area contributed by atoms with Crippen LogP contribution in [0.15, 0.2) is 34.9 Å². The van der Waals surface area contributed by atoms with Crippen molar-refractivity contribution >= 4 is 35.0 Å². The number of benzene rings is 1. The Morgan fingerprint density at radius 3 is 2.58 bits per heavy atom. The Hall–Kier alpha value is -1.64. The number of carbonyl (C=O) groups is 1. The number of nitriles is 1. The van der Waals surface area contributed by atoms with Gasteiger partial charge in [0.05, 0.1) is 11.6 Å². The van der Waals surface area contributed by atoms with Gasteiger partial charge in [-0.3, -0.25) is 0 Å². The van der Waals surface area contributed by atoms with Crippen LogP contribution in [0.2, 0.25) is 5.02 Å². The minimum absolute atomic E-state index is 0.0377. The molecule has 1 N–H and O–H groups in total. The van der Waals surface area contributed by atoms with E-state index in [1.165, 1.54) is 11.8 Å². The summed E-state index contributed by atoms with van der Waals surface area (Å²) >= 11 is 7.06. The van der Waals surface area contributed by atoms with E-state index >= 15 is 0 Å². The number of nitrogens with zero attached hydrogens (tertiary/aromatic N) is 1. The minimum atomic E-state index is -0.629. The number of carbonyl (C=O) groups excluding carboxylic acids is 1. The minimum Gasteiger partial charge on any atom is -0.462 e. The average molecular weight is 297 g/mol. The summed E-state index contributed by atoms with van der Waals surface area (Å²) in [6.45, 7) is 1.92. The van der Waals surface area contributed by atoms with Crippen molar-refractivity contribution in [1.82, 2.24) is 0 Å². The molecule has 0 aliphatic carbocycles. The highest BCUT2D eigenvalue weighted by molar-refractivity contribution is 8.02. The molecule has 1 aromatic rings. The Kier molecular flexibility index (Phi) is 6.26. The average Bonchev–Trinajstić information content (AvgIpc) is 2.41. The second kappa shape index (κ2) is 7.72. The first kappa shape index (κ1) is 15.4. The van der Waals surface area contributed by atoms with Gasteiger partial charge in [0.2, 0.25) is 0 Å². The standard InChI is InChI=1S/C13H13ClN2O2S/c1-3-18-13(17)11(8-15)12(19-2)16-10-6-4-9(14)5-7-10/h4-7,16H,3H2,1-2H3. The summed E-state index contributed by atoms with van der Waals surface area (Å²) in [5.41, 5.74) is 0.704. The van der Waals surface area contributed by atoms with Crippen LogP contribution in [-0.4, -0.2) is 18.8 Å². The van der Waals surface area contributed by atoms with Crippen molar-refractivity contribution in [2.45, 2.75) is 6.92 Å². The Balaban J connectivity index is 3.00. The Morgan fingerprint density at radius 2 is 2.11 bits per heavy atom. The number of esters is 1. The molecule has 0 unspecified atom stereocenters. The molecule has 0 aromatic heterocycles. The molecule has 100 valence electrons. The molecule has 0 aliphatic rings. The van der Waals surface area contributed by atoms with Crippen molar-refractivity contribution < 1.29 is 9.53 Å². The first-order valence-electron chi connectivity index (χ1n) is 5.50. The number of nitrogens with one attached hydrogen (secondary N) is 1. The zero-order chi connectivity index (χ0) is 14.3. The predicted molar refractivity (Wildman–Crippen MR) is 77.9 cm³/mol. The molecule has 1 aromatic carbocycles. The maximum absolute atomic E-state index is 11.6. The van der Waals surface area contributed by atoms with Crippen LogP contribution < -0.4 is 5.32 Å². The third-order valence-electron chi connectivity index (χ3n) is 2.12. The smallest absolute Gasteiger partial charge is 0.351 e. The van der Waals surface area contributed by atoms with Crippen LogP contribution in [0.5, 0.6) is 0 Å². The van der Waals surface area contributed by atoms with Crippen molar-refractivity contribution in [3.63, 3.8) is 0 Å². The first-order chi connectivity index (χ1) is 9.12. The highest BCUT2D eigenvalue weighted by Crippen LogP contribution is 2.22. The summed E-state index contributed by atoms with van der Waals surface area (Å²) in [6, 6.07) is 8.83. The molecule has 0 radical (unpaired) electrons. The van der Waals surface area contributed by atoms with Gasteiger partial charge in [-0.25, -0.2) is 4.79 Å². The fourth-order valence-corrected chi connectivity index (χ4v) is 1.95. The number of ether oxygens (including phenoxy) is 1. The molecule has 0 amide bonds. The highest BCUT2D eigenvalue weighted by atomic mass is 35.5. The van der Waals surface area contributed by atoms with Crippen LogP contribution >= 0.6 is 23.4 Å². The molecule has 1 rings (SSSR count). The van der Waals surface area contributed by atoms with Gasteiger partial charge in [0.1, 0.15) is 6.07 Å². The van der Waals surface area contributed by atoms with E-state index in [0.717, 1.165) is 5.69 Å². The quantitative estimate of drug-likeness (QED) is 0.512. The van der Waals surface area contributed by atoms with E-state index in [1.54, 1.807) is 37.4 Å². The largest absolute Gasteiger partial charge is 0.462 e. The zero-order valence-electron chi connectivity index (χ0n) is 10.6. The van der Waals surface area contributed by atoms with Gasteiger partial charge in [-0.15, -0.1) is 11.8 Å². The molecule has 0 bridgehead atoms. The second-order valence-electron chi connectivity index (χ2n) is 3.37. The molecular weight excluding hydrogens is 284 g/mol. The van der Waals surface area contributed by atoms with Gasteiger partial charge >= 0.3 is 5.97 Å². The van der Waals surface area contributed by atoms with Gasteiger partial charge < -0.3 is 10.1 Å². The summed E-state index contributed by atoms with van der Waals surface area (Å²) in [7, 11) is 0. The fourth-order valence-electron chi connectivity index (χ4n) is 1.27. The van der Waals surface area contributed by atoms with Gasteiger partial charge in [-0.2, -0.15) is 5.26 Å². The van der Waals surface area contributed by atoms with Crippen LogP contribution in [0.3, 0.4) is 0 Å². The Bertz CT molecular complexity index is 520. The predicted octanol–water partition coefficient (Wildman–Crippen LogP) is 3.41. The van der Waals surface area contributed by atoms with E-state index in [1.807, 2.05) is 6.07 Å². The van der Waals surface area contributed by atoms with Crippen molar-refractivity contribution in [3.05, 3.63) is 39.9 Å². The van der Waals surface area contributed by atoms with Gasteiger partial charge in [-0.05, 0) is 37.4 Å². The van der Waals surface area contributed by atoms with Gasteiger partial charge in [0, 0.05) is 10.7 Å². The molecule has 0 saturated carbocycles. The number of hydrogen-bond acceptors (Lipinski definition) is 5. The van der Waals surface area contributed by atoms with Crippen LogP contribution in [0, 0.1) is 11.3 Å². The van der Waals surface area contributed by atoms with Crippen LogP contribution in [0.4, 0.5) is 5.69 Å². The summed E-state index contributed by atoms with van der Waals surface area (Å²) < 4.78 is 4.84. The number of halogens is 1. The normalized spacial score (nSPS) is 11.3. The molecule has 0 saturated heterocycles. The van der Waals surface area contributed by atoms with Crippen molar-refractivity contribution in [1.29, 1.82) is 5.26 Å². The van der Waals surface area contributed by atoms with Crippen molar-refractivity contribution in [2.75, 3.05) is 18.2 Å². The number of rotatable bonds is 5. The number of anilines is 1. The van der Waals surface area contributed by atoms with E-state index in [0.29, 0.717) is 10.1 Å². The SMILES string of the molecule is CCOC(=O)C(C#N)=C(Nc1ccc(Cl)cc1)SC. The van der Waals surface area contributed by atoms with E-state index in [4.69, 9.17) is 21.6 Å². The summed E-state index contributed by atoms with van der Waals surface area (Å²) in [5, 5.41) is 13.1. The van der Waals surface area contributed by atoms with Crippen LogP contribution in [0.25, 0.3) is 0 Å². The molecule has 0 heterocycles. The summed E-state index contributed by atoms with van der Waals surface area (Å²) in [5.74, 6) is -0.629.